The molecule has 0 saturated carbocycles. The molecule has 0 aliphatic heterocycles. The van der Waals surface area contributed by atoms with Crippen molar-refractivity contribution in [2.75, 3.05) is 18.2 Å². The van der Waals surface area contributed by atoms with Crippen molar-refractivity contribution in [3.05, 3.63) is 72.8 Å². The lowest BCUT2D eigenvalue weighted by Crippen LogP contribution is -2.15. The summed E-state index contributed by atoms with van der Waals surface area (Å²) in [5.41, 5.74) is 3.91. The second-order valence-corrected chi connectivity index (χ2v) is 8.45. The van der Waals surface area contributed by atoms with Gasteiger partial charge in [-0.25, -0.2) is 0 Å². The summed E-state index contributed by atoms with van der Waals surface area (Å²) in [5.74, 6) is 1.46. The summed E-state index contributed by atoms with van der Waals surface area (Å²) in [4.78, 5) is 12.7. The van der Waals surface area contributed by atoms with Crippen molar-refractivity contribution in [2.24, 2.45) is 0 Å². The average Bonchev–Trinajstić information content (AvgIpc) is 3.51. The number of carbonyl (C=O) groups is 1. The number of amides is 1. The predicted octanol–water partition coefficient (Wildman–Crippen LogP) is 4.68. The number of ether oxygens (including phenoxy) is 1. The van der Waals surface area contributed by atoms with E-state index in [-0.39, 0.29) is 11.7 Å². The van der Waals surface area contributed by atoms with E-state index < -0.39 is 0 Å². The number of hydrogen-bond acceptors (Lipinski definition) is 8. The highest BCUT2D eigenvalue weighted by atomic mass is 32.2. The molecule has 33 heavy (non-hydrogen) atoms. The molecule has 2 heterocycles. The Bertz CT molecular complexity index is 1400. The van der Waals surface area contributed by atoms with Gasteiger partial charge in [0.1, 0.15) is 16.8 Å². The number of carbonyl (C=O) groups excluding carboxylic acids is 1. The molecule has 0 bridgehead atoms. The lowest BCUT2D eigenvalue weighted by molar-refractivity contribution is -0.113. The van der Waals surface area contributed by atoms with Gasteiger partial charge in [-0.3, -0.25) is 9.36 Å². The average molecular weight is 475 g/mol. The molecule has 0 saturated heterocycles. The minimum Gasteiger partial charge on any atom is -0.497 e. The summed E-state index contributed by atoms with van der Waals surface area (Å²) in [6.45, 7) is 0. The van der Waals surface area contributed by atoms with E-state index in [1.165, 1.54) is 11.8 Å². The van der Waals surface area contributed by atoms with Crippen LogP contribution in [0.25, 0.3) is 28.1 Å². The molecule has 5 aromatic rings. The van der Waals surface area contributed by atoms with Crippen molar-refractivity contribution in [3.8, 4) is 22.8 Å². The van der Waals surface area contributed by atoms with Gasteiger partial charge in [-0.05, 0) is 48.5 Å². The zero-order valence-corrected chi connectivity index (χ0v) is 19.1. The number of thioether (sulfide) groups is 1. The standard InChI is InChI=1S/C23H18N6O2S2/c1-31-17-12-10-15(11-13-17)22-25-26-23(29(22)16-6-3-2-4-7-16)32-14-20(30)24-18-8-5-9-19-21(18)28-33-27-19/h2-13H,14H2,1H3,(H,24,30). The van der Waals surface area contributed by atoms with Crippen molar-refractivity contribution in [3.63, 3.8) is 0 Å². The number of nitrogens with zero attached hydrogens (tertiary/aromatic N) is 5. The number of fused-ring (bicyclic) bond motifs is 1. The first-order chi connectivity index (χ1) is 16.2. The molecule has 1 amide bonds. The van der Waals surface area contributed by atoms with E-state index in [2.05, 4.69) is 24.3 Å². The summed E-state index contributed by atoms with van der Waals surface area (Å²) in [7, 11) is 1.63. The van der Waals surface area contributed by atoms with Crippen LogP contribution in [-0.2, 0) is 4.79 Å². The Balaban J connectivity index is 1.40. The van der Waals surface area contributed by atoms with Crippen LogP contribution in [0.5, 0.6) is 5.75 Å². The minimum atomic E-state index is -0.158. The maximum atomic E-state index is 12.7. The van der Waals surface area contributed by atoms with Gasteiger partial charge in [-0.2, -0.15) is 8.75 Å². The van der Waals surface area contributed by atoms with Crippen LogP contribution >= 0.6 is 23.5 Å². The van der Waals surface area contributed by atoms with Gasteiger partial charge in [-0.15, -0.1) is 10.2 Å². The number of hydrogen-bond donors (Lipinski definition) is 1. The zero-order valence-electron chi connectivity index (χ0n) is 17.5. The van der Waals surface area contributed by atoms with E-state index in [4.69, 9.17) is 4.74 Å². The predicted molar refractivity (Wildman–Crippen MR) is 130 cm³/mol. The Labute approximate surface area is 198 Å². The molecule has 5 rings (SSSR count). The monoisotopic (exact) mass is 474 g/mol. The Morgan fingerprint density at radius 2 is 1.82 bits per heavy atom. The number of para-hydroxylation sites is 1. The van der Waals surface area contributed by atoms with E-state index in [0.717, 1.165) is 34.2 Å². The first-order valence-corrected chi connectivity index (χ1v) is 11.7. The fraction of sp³-hybridized carbons (Fsp3) is 0.0870. The number of nitrogens with one attached hydrogen (secondary N) is 1. The lowest BCUT2D eigenvalue weighted by Gasteiger charge is -2.11. The van der Waals surface area contributed by atoms with Gasteiger partial charge in [0.25, 0.3) is 0 Å². The molecule has 0 aliphatic rings. The Kier molecular flexibility index (Phi) is 6.01. The highest BCUT2D eigenvalue weighted by Gasteiger charge is 2.18. The van der Waals surface area contributed by atoms with Gasteiger partial charge in [0.2, 0.25) is 5.91 Å². The topological polar surface area (TPSA) is 94.8 Å². The second-order valence-electron chi connectivity index (χ2n) is 6.98. The van der Waals surface area contributed by atoms with E-state index in [9.17, 15) is 4.79 Å². The van der Waals surface area contributed by atoms with Crippen LogP contribution < -0.4 is 10.1 Å². The molecule has 3 aromatic carbocycles. The fourth-order valence-corrected chi connectivity index (χ4v) is 4.63. The van der Waals surface area contributed by atoms with Crippen LogP contribution in [0.1, 0.15) is 0 Å². The molecule has 10 heteroatoms. The van der Waals surface area contributed by atoms with E-state index in [1.54, 1.807) is 7.11 Å². The zero-order chi connectivity index (χ0) is 22.6. The van der Waals surface area contributed by atoms with Gasteiger partial charge in [0, 0.05) is 11.3 Å². The third-order valence-corrected chi connectivity index (χ3v) is 6.36. The van der Waals surface area contributed by atoms with Crippen LogP contribution in [0.3, 0.4) is 0 Å². The molecule has 164 valence electrons. The molecule has 8 nitrogen and oxygen atoms in total. The van der Waals surface area contributed by atoms with E-state index in [0.29, 0.717) is 22.2 Å². The van der Waals surface area contributed by atoms with Gasteiger partial charge in [-0.1, -0.05) is 36.0 Å². The van der Waals surface area contributed by atoms with Crippen LogP contribution in [0.4, 0.5) is 5.69 Å². The van der Waals surface area contributed by atoms with Gasteiger partial charge >= 0.3 is 0 Å². The molecule has 1 N–H and O–H groups in total. The van der Waals surface area contributed by atoms with Crippen molar-refractivity contribution in [2.45, 2.75) is 5.16 Å². The van der Waals surface area contributed by atoms with Gasteiger partial charge in [0.05, 0.1) is 30.3 Å². The number of rotatable bonds is 7. The SMILES string of the molecule is COc1ccc(-c2nnc(SCC(=O)Nc3cccc4nsnc34)n2-c2ccccc2)cc1. The van der Waals surface area contributed by atoms with Gasteiger partial charge in [0.15, 0.2) is 11.0 Å². The normalized spacial score (nSPS) is 10.9. The fourth-order valence-electron chi connectivity index (χ4n) is 3.32. The summed E-state index contributed by atoms with van der Waals surface area (Å²) >= 11 is 2.44. The smallest absolute Gasteiger partial charge is 0.234 e. The molecule has 0 spiro atoms. The highest BCUT2D eigenvalue weighted by Crippen LogP contribution is 2.29. The van der Waals surface area contributed by atoms with E-state index in [1.807, 2.05) is 77.4 Å². The van der Waals surface area contributed by atoms with Crippen molar-refractivity contribution in [1.82, 2.24) is 23.5 Å². The Morgan fingerprint density at radius 3 is 2.61 bits per heavy atom. The third-order valence-electron chi connectivity index (χ3n) is 4.89. The summed E-state index contributed by atoms with van der Waals surface area (Å²) in [5, 5.41) is 12.3. The molecule has 0 unspecified atom stereocenters. The number of aromatic nitrogens is 5. The first kappa shape index (κ1) is 21.1. The molecule has 0 atom stereocenters. The summed E-state index contributed by atoms with van der Waals surface area (Å²) in [6, 6.07) is 23.0. The number of anilines is 1. The van der Waals surface area contributed by atoms with Crippen LogP contribution in [0, 0.1) is 0 Å². The second kappa shape index (κ2) is 9.39. The van der Waals surface area contributed by atoms with Crippen LogP contribution in [0.15, 0.2) is 78.0 Å². The number of methoxy groups -OCH3 is 1. The molecular formula is C23H18N6O2S2. The van der Waals surface area contributed by atoms with Crippen LogP contribution in [0.2, 0.25) is 0 Å². The maximum absolute atomic E-state index is 12.7. The van der Waals surface area contributed by atoms with Crippen LogP contribution in [-0.4, -0.2) is 42.3 Å². The van der Waals surface area contributed by atoms with Crippen molar-refractivity contribution < 1.29 is 9.53 Å². The minimum absolute atomic E-state index is 0.158. The summed E-state index contributed by atoms with van der Waals surface area (Å²) in [6.07, 6.45) is 0. The molecule has 2 aromatic heterocycles. The Morgan fingerprint density at radius 1 is 1.00 bits per heavy atom. The highest BCUT2D eigenvalue weighted by molar-refractivity contribution is 7.99. The lowest BCUT2D eigenvalue weighted by atomic mass is 10.2. The quantitative estimate of drug-likeness (QED) is 0.342. The first-order valence-electron chi connectivity index (χ1n) is 10.0. The largest absolute Gasteiger partial charge is 0.497 e. The summed E-state index contributed by atoms with van der Waals surface area (Å²) < 4.78 is 15.7. The molecular weight excluding hydrogens is 456 g/mol. The van der Waals surface area contributed by atoms with Crippen molar-refractivity contribution in [1.29, 1.82) is 0 Å². The molecule has 0 fully saturated rings. The van der Waals surface area contributed by atoms with E-state index >= 15 is 0 Å². The third kappa shape index (κ3) is 4.43. The number of benzene rings is 3. The maximum Gasteiger partial charge on any atom is 0.234 e. The van der Waals surface area contributed by atoms with Gasteiger partial charge < -0.3 is 10.1 Å². The Hall–Kier alpha value is -3.76. The molecule has 0 radical (unpaired) electrons. The molecule has 0 aliphatic carbocycles. The van der Waals surface area contributed by atoms with Crippen molar-refractivity contribution >= 4 is 46.1 Å².